The lowest BCUT2D eigenvalue weighted by Gasteiger charge is -2.20. The van der Waals surface area contributed by atoms with E-state index in [9.17, 15) is 19.2 Å². The molecule has 0 atom stereocenters. The Balaban J connectivity index is 2.14. The number of aryl methyl sites for hydroxylation is 1. The Kier molecular flexibility index (Phi) is 8.30. The van der Waals surface area contributed by atoms with E-state index in [1.54, 1.807) is 45.0 Å². The summed E-state index contributed by atoms with van der Waals surface area (Å²) in [5.41, 5.74) is -0.841. The van der Waals surface area contributed by atoms with Crippen LogP contribution in [0, 0.1) is 0 Å². The normalized spacial score (nSPS) is 11.2. The summed E-state index contributed by atoms with van der Waals surface area (Å²) in [6.07, 6.45) is 3.83. The predicted molar refractivity (Wildman–Crippen MR) is 117 cm³/mol. The number of hydrogen-bond donors (Lipinski definition) is 2. The summed E-state index contributed by atoms with van der Waals surface area (Å²) in [6.45, 7) is 7.14. The number of hydrogen-bond acceptors (Lipinski definition) is 6. The molecule has 31 heavy (non-hydrogen) atoms. The Labute approximate surface area is 181 Å². The Morgan fingerprint density at radius 2 is 1.74 bits per heavy atom. The second-order valence-electron chi connectivity index (χ2n) is 8.31. The second kappa shape index (κ2) is 10.7. The van der Waals surface area contributed by atoms with Crippen molar-refractivity contribution in [2.24, 2.45) is 0 Å². The van der Waals surface area contributed by atoms with Gasteiger partial charge in [0, 0.05) is 17.5 Å². The van der Waals surface area contributed by atoms with Gasteiger partial charge in [0.05, 0.1) is 5.39 Å². The Bertz CT molecular complexity index is 1010. The summed E-state index contributed by atoms with van der Waals surface area (Å²) in [7, 11) is 0. The number of carbonyl (C=O) groups excluding carboxylic acids is 3. The number of rotatable bonds is 8. The molecule has 2 aromatic rings. The summed E-state index contributed by atoms with van der Waals surface area (Å²) >= 11 is 0. The highest BCUT2D eigenvalue weighted by atomic mass is 16.5. The van der Waals surface area contributed by atoms with Gasteiger partial charge in [0.15, 0.2) is 12.3 Å². The lowest BCUT2D eigenvalue weighted by Crippen LogP contribution is -2.49. The van der Waals surface area contributed by atoms with Crippen LogP contribution in [0.15, 0.2) is 29.1 Å². The molecule has 0 aliphatic heterocycles. The number of urea groups is 1. The molecule has 0 bridgehead atoms. The van der Waals surface area contributed by atoms with Crippen LogP contribution >= 0.6 is 0 Å². The molecule has 0 aliphatic rings. The molecule has 0 unspecified atom stereocenters. The molecule has 0 fully saturated rings. The van der Waals surface area contributed by atoms with Gasteiger partial charge in [-0.1, -0.05) is 44.4 Å². The largest absolute Gasteiger partial charge is 0.451 e. The molecule has 3 amide bonds. The van der Waals surface area contributed by atoms with Crippen molar-refractivity contribution in [3.63, 3.8) is 0 Å². The third-order valence-electron chi connectivity index (χ3n) is 4.36. The van der Waals surface area contributed by atoms with Crippen LogP contribution in [0.25, 0.3) is 10.8 Å². The van der Waals surface area contributed by atoms with E-state index in [4.69, 9.17) is 4.74 Å². The van der Waals surface area contributed by atoms with Crippen molar-refractivity contribution in [3.8, 4) is 0 Å². The first kappa shape index (κ1) is 24.0. The first-order valence-corrected chi connectivity index (χ1v) is 10.4. The van der Waals surface area contributed by atoms with Crippen LogP contribution in [0.3, 0.4) is 0 Å². The average molecular weight is 431 g/mol. The van der Waals surface area contributed by atoms with Gasteiger partial charge in [-0.2, -0.15) is 5.10 Å². The van der Waals surface area contributed by atoms with E-state index >= 15 is 0 Å². The minimum absolute atomic E-state index is 0.0439. The molecular weight excluding hydrogens is 400 g/mol. The standard InChI is InChI=1S/C22H30N4O5/c1-5-6-7-10-13-26-19(28)16-12-9-8-11-15(16)18(25-26)20(29)31-14-17(27)23-21(30)24-22(2,3)4/h8-9,11-12H,5-7,10,13-14H2,1-4H3,(H2,23,24,27,30). The van der Waals surface area contributed by atoms with E-state index in [0.29, 0.717) is 17.3 Å². The van der Waals surface area contributed by atoms with Crippen molar-refractivity contribution in [1.82, 2.24) is 20.4 Å². The molecule has 1 heterocycles. The molecule has 2 N–H and O–H groups in total. The zero-order valence-electron chi connectivity index (χ0n) is 18.5. The van der Waals surface area contributed by atoms with Crippen molar-refractivity contribution in [1.29, 1.82) is 0 Å². The maximum absolute atomic E-state index is 12.7. The lowest BCUT2D eigenvalue weighted by atomic mass is 10.1. The smallest absolute Gasteiger partial charge is 0.359 e. The lowest BCUT2D eigenvalue weighted by molar-refractivity contribution is -0.123. The van der Waals surface area contributed by atoms with Crippen molar-refractivity contribution < 1.29 is 19.1 Å². The van der Waals surface area contributed by atoms with Gasteiger partial charge in [-0.3, -0.25) is 14.9 Å². The van der Waals surface area contributed by atoms with Crippen LogP contribution in [0.5, 0.6) is 0 Å². The van der Waals surface area contributed by atoms with Crippen molar-refractivity contribution >= 4 is 28.7 Å². The number of esters is 1. The maximum atomic E-state index is 12.7. The number of imide groups is 1. The molecule has 9 heteroatoms. The molecule has 2 rings (SSSR count). The van der Waals surface area contributed by atoms with Crippen LogP contribution in [0.2, 0.25) is 0 Å². The van der Waals surface area contributed by atoms with Crippen LogP contribution in [-0.4, -0.2) is 39.8 Å². The monoisotopic (exact) mass is 430 g/mol. The molecule has 168 valence electrons. The van der Waals surface area contributed by atoms with E-state index in [1.807, 2.05) is 0 Å². The minimum atomic E-state index is -0.843. The topological polar surface area (TPSA) is 119 Å². The fraction of sp³-hybridized carbons (Fsp3) is 0.500. The SMILES string of the molecule is CCCCCCn1nc(C(=O)OCC(=O)NC(=O)NC(C)(C)C)c2ccccc2c1=O. The van der Waals surface area contributed by atoms with E-state index in [2.05, 4.69) is 22.7 Å². The van der Waals surface area contributed by atoms with Crippen LogP contribution in [-0.2, 0) is 16.1 Å². The van der Waals surface area contributed by atoms with Gasteiger partial charge in [0.1, 0.15) is 0 Å². The van der Waals surface area contributed by atoms with Crippen molar-refractivity contribution in [2.45, 2.75) is 65.5 Å². The van der Waals surface area contributed by atoms with Gasteiger partial charge in [-0.05, 0) is 33.3 Å². The fourth-order valence-electron chi connectivity index (χ4n) is 2.96. The third-order valence-corrected chi connectivity index (χ3v) is 4.36. The highest BCUT2D eigenvalue weighted by molar-refractivity contribution is 6.03. The van der Waals surface area contributed by atoms with Gasteiger partial charge in [-0.15, -0.1) is 0 Å². The number of benzene rings is 1. The molecule has 1 aromatic carbocycles. The third kappa shape index (κ3) is 7.20. The number of amides is 3. The summed E-state index contributed by atoms with van der Waals surface area (Å²) in [5.74, 6) is -1.61. The van der Waals surface area contributed by atoms with Gasteiger partial charge >= 0.3 is 12.0 Å². The summed E-state index contributed by atoms with van der Waals surface area (Å²) in [6, 6.07) is 5.95. The average Bonchev–Trinajstić information content (AvgIpc) is 2.69. The number of ether oxygens (including phenoxy) is 1. The van der Waals surface area contributed by atoms with Crippen molar-refractivity contribution in [3.05, 3.63) is 40.3 Å². The Morgan fingerprint density at radius 3 is 2.39 bits per heavy atom. The molecule has 9 nitrogen and oxygen atoms in total. The van der Waals surface area contributed by atoms with Gasteiger partial charge in [0.25, 0.3) is 11.5 Å². The van der Waals surface area contributed by atoms with Crippen molar-refractivity contribution in [2.75, 3.05) is 6.61 Å². The first-order chi connectivity index (χ1) is 14.6. The molecular formula is C22H30N4O5. The molecule has 1 aromatic heterocycles. The summed E-state index contributed by atoms with van der Waals surface area (Å²) in [4.78, 5) is 49.0. The molecule has 0 saturated carbocycles. The van der Waals surface area contributed by atoms with Crippen LogP contribution < -0.4 is 16.2 Å². The number of carbonyl (C=O) groups is 3. The molecule has 0 aliphatic carbocycles. The number of unbranched alkanes of at least 4 members (excludes halogenated alkanes) is 3. The van der Waals surface area contributed by atoms with Gasteiger partial charge in [0.2, 0.25) is 0 Å². The van der Waals surface area contributed by atoms with Crippen LogP contribution in [0.4, 0.5) is 4.79 Å². The van der Waals surface area contributed by atoms with E-state index in [0.717, 1.165) is 25.7 Å². The summed E-state index contributed by atoms with van der Waals surface area (Å²) < 4.78 is 6.33. The van der Waals surface area contributed by atoms with Gasteiger partial charge < -0.3 is 10.1 Å². The second-order valence-corrected chi connectivity index (χ2v) is 8.31. The number of aromatic nitrogens is 2. The highest BCUT2D eigenvalue weighted by Crippen LogP contribution is 2.14. The molecule has 0 radical (unpaired) electrons. The van der Waals surface area contributed by atoms with Crippen LogP contribution in [0.1, 0.15) is 63.9 Å². The zero-order chi connectivity index (χ0) is 23.0. The maximum Gasteiger partial charge on any atom is 0.359 e. The minimum Gasteiger partial charge on any atom is -0.451 e. The fourth-order valence-corrected chi connectivity index (χ4v) is 2.96. The first-order valence-electron chi connectivity index (χ1n) is 10.4. The number of nitrogens with zero attached hydrogens (tertiary/aromatic N) is 2. The quantitative estimate of drug-likeness (QED) is 0.491. The van der Waals surface area contributed by atoms with E-state index < -0.39 is 30.1 Å². The number of fused-ring (bicyclic) bond motifs is 1. The van der Waals surface area contributed by atoms with Gasteiger partial charge in [-0.25, -0.2) is 14.3 Å². The van der Waals surface area contributed by atoms with E-state index in [1.165, 1.54) is 4.68 Å². The van der Waals surface area contributed by atoms with E-state index in [-0.39, 0.29) is 11.3 Å². The predicted octanol–water partition coefficient (Wildman–Crippen LogP) is 2.76. The summed E-state index contributed by atoms with van der Waals surface area (Å²) in [5, 5.41) is 9.59. The Hall–Kier alpha value is -3.23. The highest BCUT2D eigenvalue weighted by Gasteiger charge is 2.20. The molecule has 0 saturated heterocycles. The Morgan fingerprint density at radius 1 is 1.06 bits per heavy atom. The molecule has 0 spiro atoms. The number of nitrogens with one attached hydrogen (secondary N) is 2. The zero-order valence-corrected chi connectivity index (χ0v) is 18.5.